The maximum absolute atomic E-state index is 13.9. The molecule has 2 rings (SSSR count). The van der Waals surface area contributed by atoms with Gasteiger partial charge in [-0.2, -0.15) is 0 Å². The third-order valence-corrected chi connectivity index (χ3v) is 4.75. The van der Waals surface area contributed by atoms with Crippen molar-refractivity contribution >= 4 is 5.69 Å². The zero-order chi connectivity index (χ0) is 15.5. The van der Waals surface area contributed by atoms with E-state index in [0.29, 0.717) is 23.1 Å². The minimum atomic E-state index is -0.130. The van der Waals surface area contributed by atoms with Crippen LogP contribution in [0.4, 0.5) is 10.1 Å². The molecule has 0 aromatic heterocycles. The van der Waals surface area contributed by atoms with Gasteiger partial charge < -0.3 is 10.2 Å². The summed E-state index contributed by atoms with van der Waals surface area (Å²) in [5.74, 6) is 0.438. The lowest BCUT2D eigenvalue weighted by Crippen LogP contribution is -2.47. The molecule has 1 aliphatic carbocycles. The van der Waals surface area contributed by atoms with Gasteiger partial charge in [0, 0.05) is 19.6 Å². The first-order valence-electron chi connectivity index (χ1n) is 8.12. The topological polar surface area (TPSA) is 15.3 Å². The summed E-state index contributed by atoms with van der Waals surface area (Å²) in [6, 6.07) is 7.61. The van der Waals surface area contributed by atoms with Gasteiger partial charge in [0.15, 0.2) is 0 Å². The molecule has 0 aliphatic heterocycles. The third-order valence-electron chi connectivity index (χ3n) is 4.75. The monoisotopic (exact) mass is 292 g/mol. The molecule has 21 heavy (non-hydrogen) atoms. The van der Waals surface area contributed by atoms with Crippen molar-refractivity contribution in [2.75, 3.05) is 25.0 Å². The second kappa shape index (κ2) is 6.78. The van der Waals surface area contributed by atoms with Crippen molar-refractivity contribution in [1.29, 1.82) is 0 Å². The molecule has 1 aliphatic rings. The summed E-state index contributed by atoms with van der Waals surface area (Å²) in [6.45, 7) is 8.78. The Morgan fingerprint density at radius 2 is 2.05 bits per heavy atom. The Labute approximate surface area is 128 Å². The molecule has 0 spiro atoms. The first-order chi connectivity index (χ1) is 9.93. The summed E-state index contributed by atoms with van der Waals surface area (Å²) in [5, 5.41) is 3.62. The van der Waals surface area contributed by atoms with Crippen LogP contribution < -0.4 is 10.2 Å². The Hall–Kier alpha value is -1.09. The lowest BCUT2D eigenvalue weighted by atomic mass is 9.69. The Morgan fingerprint density at radius 1 is 1.33 bits per heavy atom. The van der Waals surface area contributed by atoms with Gasteiger partial charge in [-0.1, -0.05) is 32.9 Å². The van der Waals surface area contributed by atoms with Crippen molar-refractivity contribution in [1.82, 2.24) is 5.32 Å². The molecule has 0 radical (unpaired) electrons. The van der Waals surface area contributed by atoms with Crippen molar-refractivity contribution in [3.8, 4) is 0 Å². The van der Waals surface area contributed by atoms with E-state index >= 15 is 0 Å². The number of nitrogens with one attached hydrogen (secondary N) is 1. The maximum Gasteiger partial charge on any atom is 0.146 e. The molecule has 0 saturated heterocycles. The number of anilines is 1. The predicted molar refractivity (Wildman–Crippen MR) is 88.3 cm³/mol. The van der Waals surface area contributed by atoms with Gasteiger partial charge in [-0.05, 0) is 49.3 Å². The molecule has 2 unspecified atom stereocenters. The minimum Gasteiger partial charge on any atom is -0.372 e. The summed E-state index contributed by atoms with van der Waals surface area (Å²) in [4.78, 5) is 2.08. The minimum absolute atomic E-state index is 0.130. The van der Waals surface area contributed by atoms with E-state index in [1.165, 1.54) is 19.3 Å². The highest BCUT2D eigenvalue weighted by Gasteiger charge is 2.35. The Morgan fingerprint density at radius 3 is 2.71 bits per heavy atom. The van der Waals surface area contributed by atoms with Gasteiger partial charge in [0.1, 0.15) is 5.82 Å². The number of para-hydroxylation sites is 1. The van der Waals surface area contributed by atoms with E-state index in [4.69, 9.17) is 0 Å². The molecule has 1 N–H and O–H groups in total. The van der Waals surface area contributed by atoms with Gasteiger partial charge in [0.2, 0.25) is 0 Å². The van der Waals surface area contributed by atoms with Crippen LogP contribution >= 0.6 is 0 Å². The molecule has 3 heteroatoms. The SMILES string of the molecule is CCNC1CCC(C)(C)CC1CN(C)c1ccccc1F. The van der Waals surface area contributed by atoms with Crippen molar-refractivity contribution in [2.24, 2.45) is 11.3 Å². The van der Waals surface area contributed by atoms with Crippen molar-refractivity contribution in [3.05, 3.63) is 30.1 Å². The summed E-state index contributed by atoms with van der Waals surface area (Å²) < 4.78 is 13.9. The number of halogens is 1. The molecular formula is C18H29FN2. The molecule has 1 saturated carbocycles. The number of rotatable bonds is 5. The van der Waals surface area contributed by atoms with Gasteiger partial charge in [-0.25, -0.2) is 4.39 Å². The smallest absolute Gasteiger partial charge is 0.146 e. The predicted octanol–water partition coefficient (Wildman–Crippen LogP) is 4.07. The lowest BCUT2D eigenvalue weighted by Gasteiger charge is -2.43. The summed E-state index contributed by atoms with van der Waals surface area (Å²) in [7, 11) is 2.00. The van der Waals surface area contributed by atoms with Crippen molar-refractivity contribution < 1.29 is 4.39 Å². The van der Waals surface area contributed by atoms with Crippen LogP contribution in [0.1, 0.15) is 40.0 Å². The second-order valence-corrected chi connectivity index (χ2v) is 7.16. The van der Waals surface area contributed by atoms with E-state index in [1.54, 1.807) is 12.1 Å². The molecular weight excluding hydrogens is 263 g/mol. The van der Waals surface area contributed by atoms with E-state index in [1.807, 2.05) is 19.2 Å². The van der Waals surface area contributed by atoms with Gasteiger partial charge in [0.25, 0.3) is 0 Å². The summed E-state index contributed by atoms with van der Waals surface area (Å²) in [6.07, 6.45) is 3.69. The molecule has 0 bridgehead atoms. The van der Waals surface area contributed by atoms with Crippen LogP contribution in [0.3, 0.4) is 0 Å². The van der Waals surface area contributed by atoms with E-state index < -0.39 is 0 Å². The highest BCUT2D eigenvalue weighted by Crippen LogP contribution is 2.39. The summed E-state index contributed by atoms with van der Waals surface area (Å²) >= 11 is 0. The number of hydrogen-bond acceptors (Lipinski definition) is 2. The lowest BCUT2D eigenvalue weighted by molar-refractivity contribution is 0.143. The van der Waals surface area contributed by atoms with Crippen molar-refractivity contribution in [3.63, 3.8) is 0 Å². The average molecular weight is 292 g/mol. The molecule has 118 valence electrons. The molecule has 2 nitrogen and oxygen atoms in total. The van der Waals surface area contributed by atoms with Crippen LogP contribution in [0, 0.1) is 17.2 Å². The average Bonchev–Trinajstić information content (AvgIpc) is 2.42. The van der Waals surface area contributed by atoms with Gasteiger partial charge >= 0.3 is 0 Å². The Kier molecular flexibility index (Phi) is 5.26. The molecule has 0 heterocycles. The fraction of sp³-hybridized carbons (Fsp3) is 0.667. The highest BCUT2D eigenvalue weighted by atomic mass is 19.1. The number of nitrogens with zero attached hydrogens (tertiary/aromatic N) is 1. The highest BCUT2D eigenvalue weighted by molar-refractivity contribution is 5.46. The van der Waals surface area contributed by atoms with E-state index in [2.05, 4.69) is 31.0 Å². The van der Waals surface area contributed by atoms with Gasteiger partial charge in [-0.3, -0.25) is 0 Å². The normalized spacial score (nSPS) is 24.8. The Balaban J connectivity index is 2.08. The second-order valence-electron chi connectivity index (χ2n) is 7.16. The van der Waals surface area contributed by atoms with Crippen LogP contribution in [0.25, 0.3) is 0 Å². The first kappa shape index (κ1) is 16.3. The van der Waals surface area contributed by atoms with E-state index in [0.717, 1.165) is 13.1 Å². The van der Waals surface area contributed by atoms with Gasteiger partial charge in [-0.15, -0.1) is 0 Å². The zero-order valence-corrected chi connectivity index (χ0v) is 13.8. The molecule has 1 fully saturated rings. The quantitative estimate of drug-likeness (QED) is 0.880. The van der Waals surface area contributed by atoms with Crippen LogP contribution in [0.15, 0.2) is 24.3 Å². The number of hydrogen-bond donors (Lipinski definition) is 1. The molecule has 1 aromatic rings. The Bertz CT molecular complexity index is 458. The van der Waals surface area contributed by atoms with Crippen LogP contribution in [0.2, 0.25) is 0 Å². The molecule has 0 amide bonds. The first-order valence-corrected chi connectivity index (χ1v) is 8.12. The van der Waals surface area contributed by atoms with E-state index in [-0.39, 0.29) is 5.82 Å². The molecule has 2 atom stereocenters. The standard InChI is InChI=1S/C18H29FN2/c1-5-20-16-10-11-18(2,3)12-14(16)13-21(4)17-9-7-6-8-15(17)19/h6-9,14,16,20H,5,10-13H2,1-4H3. The van der Waals surface area contributed by atoms with Crippen LogP contribution in [-0.2, 0) is 0 Å². The van der Waals surface area contributed by atoms with Crippen LogP contribution in [-0.4, -0.2) is 26.2 Å². The fourth-order valence-electron chi connectivity index (χ4n) is 3.67. The fourth-order valence-corrected chi connectivity index (χ4v) is 3.67. The van der Waals surface area contributed by atoms with Gasteiger partial charge in [0.05, 0.1) is 5.69 Å². The van der Waals surface area contributed by atoms with E-state index in [9.17, 15) is 4.39 Å². The largest absolute Gasteiger partial charge is 0.372 e. The third kappa shape index (κ3) is 4.19. The van der Waals surface area contributed by atoms with Crippen LogP contribution in [0.5, 0.6) is 0 Å². The maximum atomic E-state index is 13.9. The number of benzene rings is 1. The molecule has 1 aromatic carbocycles. The summed E-state index contributed by atoms with van der Waals surface area (Å²) in [5.41, 5.74) is 1.10. The van der Waals surface area contributed by atoms with Crippen molar-refractivity contribution in [2.45, 2.75) is 46.1 Å². The zero-order valence-electron chi connectivity index (χ0n) is 13.8.